The molecule has 2 aliphatic rings. The Hall–Kier alpha value is -1.31. The zero-order valence-electron chi connectivity index (χ0n) is 11.1. The highest BCUT2D eigenvalue weighted by molar-refractivity contribution is 9.10. The van der Waals surface area contributed by atoms with Crippen LogP contribution in [0, 0.1) is 0 Å². The molecule has 0 saturated carbocycles. The van der Waals surface area contributed by atoms with Crippen molar-refractivity contribution in [1.82, 2.24) is 5.32 Å². The highest BCUT2D eigenvalue weighted by atomic mass is 79.9. The summed E-state index contributed by atoms with van der Waals surface area (Å²) in [6, 6.07) is 5.99. The van der Waals surface area contributed by atoms with Crippen molar-refractivity contribution in [2.24, 2.45) is 5.73 Å². The lowest BCUT2D eigenvalue weighted by Gasteiger charge is -2.22. The summed E-state index contributed by atoms with van der Waals surface area (Å²) in [5.74, 6) is -0.339. The van der Waals surface area contributed by atoms with E-state index in [9.17, 15) is 9.59 Å². The summed E-state index contributed by atoms with van der Waals surface area (Å²) < 4.78 is 0.959. The third-order valence-electron chi connectivity index (χ3n) is 3.49. The van der Waals surface area contributed by atoms with E-state index < -0.39 is 0 Å². The van der Waals surface area contributed by atoms with E-state index in [1.165, 1.54) is 0 Å². The van der Waals surface area contributed by atoms with E-state index in [1.807, 2.05) is 18.2 Å². The van der Waals surface area contributed by atoms with Crippen molar-refractivity contribution in [3.05, 3.63) is 33.1 Å². The second kappa shape index (κ2) is 5.82. The lowest BCUT2D eigenvalue weighted by Crippen LogP contribution is -2.27. The summed E-state index contributed by atoms with van der Waals surface area (Å²) in [4.78, 5) is 25.6. The predicted molar refractivity (Wildman–Crippen MR) is 88.1 cm³/mol. The van der Waals surface area contributed by atoms with Gasteiger partial charge >= 0.3 is 0 Å². The molecule has 0 radical (unpaired) electrons. The smallest absolute Gasteiger partial charge is 0.290 e. The molecule has 0 bridgehead atoms. The van der Waals surface area contributed by atoms with Gasteiger partial charge in [-0.3, -0.25) is 14.9 Å². The highest BCUT2D eigenvalue weighted by Gasteiger charge is 2.27. The minimum atomic E-state index is -0.339. The maximum absolute atomic E-state index is 11.7. The maximum atomic E-state index is 11.7. The van der Waals surface area contributed by atoms with Crippen LogP contribution in [0.5, 0.6) is 0 Å². The molecule has 0 spiro atoms. The van der Waals surface area contributed by atoms with E-state index in [2.05, 4.69) is 26.1 Å². The van der Waals surface area contributed by atoms with Crippen molar-refractivity contribution < 1.29 is 9.59 Å². The van der Waals surface area contributed by atoms with Crippen molar-refractivity contribution >= 4 is 50.6 Å². The molecule has 2 saturated heterocycles. The number of nitrogens with two attached hydrogens (primary N) is 1. The fraction of sp³-hybridized carbons (Fsp3) is 0.286. The third kappa shape index (κ3) is 3.00. The minimum Gasteiger partial charge on any atom is -0.369 e. The van der Waals surface area contributed by atoms with Gasteiger partial charge in [-0.05, 0) is 46.3 Å². The molecule has 5 nitrogen and oxygen atoms in total. The zero-order valence-corrected chi connectivity index (χ0v) is 13.5. The van der Waals surface area contributed by atoms with Crippen LogP contribution < -0.4 is 16.0 Å². The zero-order chi connectivity index (χ0) is 15.0. The first-order chi connectivity index (χ1) is 10.0. The van der Waals surface area contributed by atoms with Crippen LogP contribution in [-0.2, 0) is 4.79 Å². The van der Waals surface area contributed by atoms with E-state index >= 15 is 0 Å². The van der Waals surface area contributed by atoms with Crippen LogP contribution in [0.4, 0.5) is 10.5 Å². The Kier molecular flexibility index (Phi) is 4.05. The molecule has 1 atom stereocenters. The lowest BCUT2D eigenvalue weighted by atomic mass is 10.1. The first-order valence-electron chi connectivity index (χ1n) is 6.58. The number of carbonyl (C=O) groups is 2. The van der Waals surface area contributed by atoms with Gasteiger partial charge in [0.05, 0.1) is 10.6 Å². The van der Waals surface area contributed by atoms with E-state index in [4.69, 9.17) is 5.73 Å². The number of imide groups is 1. The normalized spacial score (nSPS) is 24.0. The van der Waals surface area contributed by atoms with E-state index in [1.54, 1.807) is 6.08 Å². The number of hydrogen-bond donors (Lipinski definition) is 2. The molecule has 21 heavy (non-hydrogen) atoms. The van der Waals surface area contributed by atoms with Gasteiger partial charge in [0.1, 0.15) is 0 Å². The topological polar surface area (TPSA) is 75.4 Å². The number of amides is 2. The molecule has 1 aromatic rings. The van der Waals surface area contributed by atoms with Gasteiger partial charge in [0, 0.05) is 29.2 Å². The van der Waals surface area contributed by atoms with Gasteiger partial charge in [-0.25, -0.2) is 0 Å². The Morgan fingerprint density at radius 2 is 2.24 bits per heavy atom. The standard InChI is InChI=1S/C14H14BrN3O2S/c15-10-3-1-2-8(6-11-13(19)17-14(20)21-11)12(10)18-5-4-9(16)7-18/h1-3,6,9H,4-5,7,16H2,(H,17,19,20)/b11-6-/t9-/m0/s1. The molecule has 0 aromatic heterocycles. The SMILES string of the molecule is N[C@H]1CCN(c2c(Br)cccc2/C=C2\SC(=O)NC2=O)C1. The molecular formula is C14H14BrN3O2S. The second-order valence-corrected chi connectivity index (χ2v) is 6.89. The number of rotatable bonds is 2. The van der Waals surface area contributed by atoms with E-state index in [0.717, 1.165) is 47.0 Å². The summed E-state index contributed by atoms with van der Waals surface area (Å²) in [6.07, 6.45) is 2.71. The second-order valence-electron chi connectivity index (χ2n) is 5.02. The Labute approximate surface area is 135 Å². The molecule has 2 aliphatic heterocycles. The number of thioether (sulfide) groups is 1. The number of carbonyl (C=O) groups excluding carboxylic acids is 2. The molecular weight excluding hydrogens is 354 g/mol. The van der Waals surface area contributed by atoms with Gasteiger partial charge in [0.15, 0.2) is 0 Å². The summed E-state index contributed by atoms with van der Waals surface area (Å²) in [7, 11) is 0. The van der Waals surface area contributed by atoms with E-state index in [0.29, 0.717) is 4.91 Å². The maximum Gasteiger partial charge on any atom is 0.290 e. The Bertz CT molecular complexity index is 647. The Balaban J connectivity index is 1.99. The molecule has 3 rings (SSSR count). The van der Waals surface area contributed by atoms with Crippen LogP contribution in [0.3, 0.4) is 0 Å². The summed E-state index contributed by atoms with van der Waals surface area (Å²) in [6.45, 7) is 1.68. The van der Waals surface area contributed by atoms with Gasteiger partial charge in [-0.2, -0.15) is 0 Å². The highest BCUT2D eigenvalue weighted by Crippen LogP contribution is 2.35. The van der Waals surface area contributed by atoms with Gasteiger partial charge in [0.2, 0.25) is 0 Å². The largest absolute Gasteiger partial charge is 0.369 e. The number of halogens is 1. The molecule has 0 aliphatic carbocycles. The van der Waals surface area contributed by atoms with Crippen molar-refractivity contribution in [1.29, 1.82) is 0 Å². The Morgan fingerprint density at radius 3 is 2.86 bits per heavy atom. The summed E-state index contributed by atoms with van der Waals surface area (Å²) >= 11 is 4.50. The first-order valence-corrected chi connectivity index (χ1v) is 8.19. The lowest BCUT2D eigenvalue weighted by molar-refractivity contribution is -0.115. The van der Waals surface area contributed by atoms with Gasteiger partial charge < -0.3 is 10.6 Å². The molecule has 1 aromatic carbocycles. The van der Waals surface area contributed by atoms with Crippen molar-refractivity contribution in [2.75, 3.05) is 18.0 Å². The van der Waals surface area contributed by atoms with Crippen LogP contribution in [0.25, 0.3) is 6.08 Å². The number of benzene rings is 1. The molecule has 2 heterocycles. The number of nitrogens with one attached hydrogen (secondary N) is 1. The Morgan fingerprint density at radius 1 is 1.43 bits per heavy atom. The molecule has 3 N–H and O–H groups in total. The average Bonchev–Trinajstić information content (AvgIpc) is 2.96. The first kappa shape index (κ1) is 14.6. The van der Waals surface area contributed by atoms with Gasteiger partial charge in [-0.1, -0.05) is 12.1 Å². The van der Waals surface area contributed by atoms with Crippen molar-refractivity contribution in [3.8, 4) is 0 Å². The number of nitrogens with zero attached hydrogens (tertiary/aromatic N) is 1. The fourth-order valence-corrected chi connectivity index (χ4v) is 3.84. The van der Waals surface area contributed by atoms with E-state index in [-0.39, 0.29) is 17.2 Å². The van der Waals surface area contributed by atoms with Crippen LogP contribution in [0.2, 0.25) is 0 Å². The molecule has 7 heteroatoms. The summed E-state index contributed by atoms with van der Waals surface area (Å²) in [5.41, 5.74) is 7.91. The third-order valence-corrected chi connectivity index (χ3v) is 4.94. The van der Waals surface area contributed by atoms with Crippen LogP contribution >= 0.6 is 27.7 Å². The van der Waals surface area contributed by atoms with Crippen LogP contribution in [0.15, 0.2) is 27.6 Å². The van der Waals surface area contributed by atoms with Gasteiger partial charge in [0.25, 0.3) is 11.1 Å². The number of para-hydroxylation sites is 1. The molecule has 110 valence electrons. The van der Waals surface area contributed by atoms with Crippen molar-refractivity contribution in [3.63, 3.8) is 0 Å². The minimum absolute atomic E-state index is 0.170. The van der Waals surface area contributed by atoms with Crippen LogP contribution in [0.1, 0.15) is 12.0 Å². The fourth-order valence-electron chi connectivity index (χ4n) is 2.53. The monoisotopic (exact) mass is 367 g/mol. The van der Waals surface area contributed by atoms with Crippen molar-refractivity contribution in [2.45, 2.75) is 12.5 Å². The average molecular weight is 368 g/mol. The molecule has 2 amide bonds. The molecule has 2 fully saturated rings. The molecule has 0 unspecified atom stereocenters. The number of anilines is 1. The quantitative estimate of drug-likeness (QED) is 0.784. The number of hydrogen-bond acceptors (Lipinski definition) is 5. The predicted octanol–water partition coefficient (Wildman–Crippen LogP) is 2.31. The van der Waals surface area contributed by atoms with Crippen LogP contribution in [-0.4, -0.2) is 30.3 Å². The summed E-state index contributed by atoms with van der Waals surface area (Å²) in [5, 5.41) is 1.94. The van der Waals surface area contributed by atoms with Gasteiger partial charge in [-0.15, -0.1) is 0 Å².